The molecule has 0 rings (SSSR count). The number of aliphatic carboxylic acids is 3. The van der Waals surface area contributed by atoms with Crippen molar-refractivity contribution in [1.29, 1.82) is 0 Å². The molecule has 0 spiro atoms. The molecule has 0 aliphatic heterocycles. The number of rotatable bonds is 14. The highest BCUT2D eigenvalue weighted by Gasteiger charge is 2.33. The Hall–Kier alpha value is -3.26. The molecule has 5 atom stereocenters. The predicted molar refractivity (Wildman–Crippen MR) is 107 cm³/mol. The largest absolute Gasteiger partial charge is 0.481 e. The van der Waals surface area contributed by atoms with Crippen LogP contribution in [0.5, 0.6) is 0 Å². The van der Waals surface area contributed by atoms with E-state index in [1.54, 1.807) is 13.8 Å². The second kappa shape index (κ2) is 13.2. The molecule has 0 saturated heterocycles. The van der Waals surface area contributed by atoms with Gasteiger partial charge in [0.1, 0.15) is 18.1 Å². The van der Waals surface area contributed by atoms with Gasteiger partial charge in [0, 0.05) is 0 Å². The number of hydrogen-bond donors (Lipinski definition) is 8. The number of carboxylic acids is 3. The third kappa shape index (κ3) is 10.7. The van der Waals surface area contributed by atoms with E-state index >= 15 is 0 Å². The number of carbonyl (C=O) groups excluding carboxylic acids is 3. The Morgan fingerprint density at radius 3 is 1.66 bits per heavy atom. The Kier molecular flexibility index (Phi) is 11.9. The molecule has 5 unspecified atom stereocenters. The van der Waals surface area contributed by atoms with Gasteiger partial charge in [-0.3, -0.25) is 24.0 Å². The summed E-state index contributed by atoms with van der Waals surface area (Å²) in [6.07, 6.45) is -3.05. The number of nitrogens with two attached hydrogens (primary N) is 1. The van der Waals surface area contributed by atoms with Gasteiger partial charge in [-0.1, -0.05) is 13.8 Å². The minimum Gasteiger partial charge on any atom is -0.481 e. The lowest BCUT2D eigenvalue weighted by molar-refractivity contribution is -0.147. The average molecular weight is 462 g/mol. The lowest BCUT2D eigenvalue weighted by Crippen LogP contribution is -2.60. The summed E-state index contributed by atoms with van der Waals surface area (Å²) in [5.74, 6) is -7.58. The zero-order valence-electron chi connectivity index (χ0n) is 17.9. The molecule has 14 heteroatoms. The standard InChI is InChI=1S/C18H30N4O10/c1-7(2)4-10(16(29)21-11(18(31)32)6-13(26)27)20-17(30)14(8(3)23)22-15(28)9(19)5-12(24)25/h7-11,14,23H,4-6,19H2,1-3H3,(H,20,30)(H,21,29)(H,22,28)(H,24,25)(H,26,27)(H,31,32). The van der Waals surface area contributed by atoms with Gasteiger partial charge in [-0.2, -0.15) is 0 Å². The SMILES string of the molecule is CC(C)CC(NC(=O)C(NC(=O)C(N)CC(=O)O)C(C)O)C(=O)NC(CC(=O)O)C(=O)O. The lowest BCUT2D eigenvalue weighted by atomic mass is 10.0. The van der Waals surface area contributed by atoms with Gasteiger partial charge in [-0.05, 0) is 19.3 Å². The number of aliphatic hydroxyl groups is 1. The summed E-state index contributed by atoms with van der Waals surface area (Å²) in [5.41, 5.74) is 5.43. The van der Waals surface area contributed by atoms with E-state index in [1.807, 2.05) is 5.32 Å². The van der Waals surface area contributed by atoms with Crippen LogP contribution in [0.1, 0.15) is 40.0 Å². The van der Waals surface area contributed by atoms with Crippen LogP contribution in [-0.2, 0) is 28.8 Å². The summed E-state index contributed by atoms with van der Waals surface area (Å²) in [4.78, 5) is 69.9. The van der Waals surface area contributed by atoms with Crippen molar-refractivity contribution in [2.24, 2.45) is 11.7 Å². The van der Waals surface area contributed by atoms with Crippen molar-refractivity contribution in [3.05, 3.63) is 0 Å². The van der Waals surface area contributed by atoms with Crippen LogP contribution >= 0.6 is 0 Å². The number of aliphatic hydroxyl groups excluding tert-OH is 1. The van der Waals surface area contributed by atoms with Crippen molar-refractivity contribution in [2.45, 2.75) is 70.3 Å². The van der Waals surface area contributed by atoms with E-state index in [0.717, 1.165) is 6.92 Å². The average Bonchev–Trinajstić information content (AvgIpc) is 2.62. The van der Waals surface area contributed by atoms with Gasteiger partial charge >= 0.3 is 17.9 Å². The van der Waals surface area contributed by atoms with E-state index in [-0.39, 0.29) is 12.3 Å². The maximum absolute atomic E-state index is 12.6. The van der Waals surface area contributed by atoms with Crippen LogP contribution in [0.4, 0.5) is 0 Å². The van der Waals surface area contributed by atoms with Gasteiger partial charge in [-0.25, -0.2) is 4.79 Å². The molecule has 0 aliphatic rings. The Bertz CT molecular complexity index is 725. The smallest absolute Gasteiger partial charge is 0.326 e. The third-order valence-electron chi connectivity index (χ3n) is 4.13. The highest BCUT2D eigenvalue weighted by Crippen LogP contribution is 2.08. The molecule has 0 heterocycles. The van der Waals surface area contributed by atoms with Crippen molar-refractivity contribution in [2.75, 3.05) is 0 Å². The number of carbonyl (C=O) groups is 6. The highest BCUT2D eigenvalue weighted by molar-refractivity contribution is 5.95. The molecule has 0 radical (unpaired) electrons. The highest BCUT2D eigenvalue weighted by atomic mass is 16.4. The van der Waals surface area contributed by atoms with Crippen LogP contribution in [-0.4, -0.2) is 86.3 Å². The second-order valence-electron chi connectivity index (χ2n) is 7.62. The minimum atomic E-state index is -1.74. The fraction of sp³-hybridized carbons (Fsp3) is 0.667. The number of nitrogens with one attached hydrogen (secondary N) is 3. The summed E-state index contributed by atoms with van der Waals surface area (Å²) >= 11 is 0. The quantitative estimate of drug-likeness (QED) is 0.131. The molecule has 32 heavy (non-hydrogen) atoms. The maximum Gasteiger partial charge on any atom is 0.326 e. The molecule has 182 valence electrons. The van der Waals surface area contributed by atoms with E-state index in [4.69, 9.17) is 21.1 Å². The van der Waals surface area contributed by atoms with E-state index in [2.05, 4.69) is 10.6 Å². The summed E-state index contributed by atoms with van der Waals surface area (Å²) in [5, 5.41) is 42.9. The van der Waals surface area contributed by atoms with Crippen LogP contribution in [0.2, 0.25) is 0 Å². The monoisotopic (exact) mass is 462 g/mol. The molecular weight excluding hydrogens is 432 g/mol. The Balaban J connectivity index is 5.46. The molecule has 0 aromatic heterocycles. The van der Waals surface area contributed by atoms with Crippen LogP contribution in [0.15, 0.2) is 0 Å². The van der Waals surface area contributed by atoms with Gasteiger partial charge in [0.25, 0.3) is 0 Å². The molecule has 0 aromatic rings. The molecule has 0 fully saturated rings. The number of carboxylic acid groups (broad SMARTS) is 3. The molecule has 0 saturated carbocycles. The maximum atomic E-state index is 12.6. The zero-order chi connectivity index (χ0) is 25.2. The van der Waals surface area contributed by atoms with Crippen molar-refractivity contribution in [3.8, 4) is 0 Å². The topological polar surface area (TPSA) is 245 Å². The van der Waals surface area contributed by atoms with Crippen LogP contribution < -0.4 is 21.7 Å². The van der Waals surface area contributed by atoms with E-state index < -0.39 is 78.7 Å². The Morgan fingerprint density at radius 2 is 1.25 bits per heavy atom. The zero-order valence-corrected chi connectivity index (χ0v) is 17.9. The molecular formula is C18H30N4O10. The van der Waals surface area contributed by atoms with Crippen LogP contribution in [0, 0.1) is 5.92 Å². The fourth-order valence-corrected chi connectivity index (χ4v) is 2.56. The summed E-state index contributed by atoms with van der Waals surface area (Å²) in [7, 11) is 0. The van der Waals surface area contributed by atoms with E-state index in [0.29, 0.717) is 0 Å². The van der Waals surface area contributed by atoms with Crippen molar-refractivity contribution >= 4 is 35.6 Å². The molecule has 0 bridgehead atoms. The Morgan fingerprint density at radius 1 is 0.750 bits per heavy atom. The normalized spacial score (nSPS) is 15.6. The number of hydrogen-bond acceptors (Lipinski definition) is 8. The van der Waals surface area contributed by atoms with Gasteiger partial charge in [0.05, 0.1) is 25.0 Å². The van der Waals surface area contributed by atoms with Crippen molar-refractivity contribution < 1.29 is 49.2 Å². The minimum absolute atomic E-state index is 0.0238. The molecule has 0 aromatic carbocycles. The molecule has 3 amide bonds. The second-order valence-corrected chi connectivity index (χ2v) is 7.62. The first-order valence-electron chi connectivity index (χ1n) is 9.66. The molecule has 9 N–H and O–H groups in total. The fourth-order valence-electron chi connectivity index (χ4n) is 2.56. The third-order valence-corrected chi connectivity index (χ3v) is 4.13. The first-order valence-corrected chi connectivity index (χ1v) is 9.66. The predicted octanol–water partition coefficient (Wildman–Crippen LogP) is -2.77. The first kappa shape index (κ1) is 28.7. The lowest BCUT2D eigenvalue weighted by Gasteiger charge is -2.27. The van der Waals surface area contributed by atoms with Crippen LogP contribution in [0.3, 0.4) is 0 Å². The van der Waals surface area contributed by atoms with Crippen molar-refractivity contribution in [3.63, 3.8) is 0 Å². The van der Waals surface area contributed by atoms with E-state index in [9.17, 15) is 33.9 Å². The van der Waals surface area contributed by atoms with E-state index in [1.165, 1.54) is 0 Å². The van der Waals surface area contributed by atoms with Gasteiger partial charge in [0.15, 0.2) is 0 Å². The first-order chi connectivity index (χ1) is 14.6. The Labute approximate surface area is 183 Å². The van der Waals surface area contributed by atoms with Crippen LogP contribution in [0.25, 0.3) is 0 Å². The van der Waals surface area contributed by atoms with Gasteiger partial charge in [0.2, 0.25) is 17.7 Å². The molecule has 14 nitrogen and oxygen atoms in total. The number of amides is 3. The summed E-state index contributed by atoms with van der Waals surface area (Å²) < 4.78 is 0. The van der Waals surface area contributed by atoms with Gasteiger partial charge in [-0.15, -0.1) is 0 Å². The molecule has 0 aliphatic carbocycles. The van der Waals surface area contributed by atoms with Crippen molar-refractivity contribution in [1.82, 2.24) is 16.0 Å². The van der Waals surface area contributed by atoms with Gasteiger partial charge < -0.3 is 42.1 Å². The summed E-state index contributed by atoms with van der Waals surface area (Å²) in [6, 6.07) is -6.15. The summed E-state index contributed by atoms with van der Waals surface area (Å²) in [6.45, 7) is 4.58.